The number of rotatable bonds is 4. The number of benzene rings is 1. The molecule has 17 heavy (non-hydrogen) atoms. The molecule has 0 saturated carbocycles. The van der Waals surface area contributed by atoms with Crippen molar-refractivity contribution in [2.45, 2.75) is 26.3 Å². The van der Waals surface area contributed by atoms with E-state index < -0.39 is 0 Å². The third-order valence-electron chi connectivity index (χ3n) is 3.39. The quantitative estimate of drug-likeness (QED) is 0.890. The van der Waals surface area contributed by atoms with E-state index in [1.165, 1.54) is 35.5 Å². The smallest absolute Gasteiger partial charge is 0.0408 e. The van der Waals surface area contributed by atoms with E-state index in [-0.39, 0.29) is 0 Å². The van der Waals surface area contributed by atoms with Gasteiger partial charge in [0.2, 0.25) is 0 Å². The van der Waals surface area contributed by atoms with E-state index in [0.29, 0.717) is 0 Å². The minimum absolute atomic E-state index is 0.829. The topological polar surface area (TPSA) is 12.0 Å². The van der Waals surface area contributed by atoms with Gasteiger partial charge in [-0.1, -0.05) is 17.7 Å². The first-order valence-electron chi connectivity index (χ1n) is 6.29. The second kappa shape index (κ2) is 6.67. The molecule has 2 rings (SSSR count). The van der Waals surface area contributed by atoms with Crippen LogP contribution in [0, 0.1) is 12.8 Å². The van der Waals surface area contributed by atoms with Crippen LogP contribution >= 0.6 is 23.4 Å². The second-order valence-corrected chi connectivity index (χ2v) is 6.42. The second-order valence-electron chi connectivity index (χ2n) is 4.76. The van der Waals surface area contributed by atoms with Crippen molar-refractivity contribution in [2.75, 3.05) is 18.1 Å². The van der Waals surface area contributed by atoms with Gasteiger partial charge in [-0.3, -0.25) is 0 Å². The van der Waals surface area contributed by atoms with Crippen LogP contribution in [0.1, 0.15) is 24.0 Å². The first-order valence-corrected chi connectivity index (χ1v) is 7.82. The molecular formula is C14H20ClNS. The van der Waals surface area contributed by atoms with Crippen LogP contribution in [-0.2, 0) is 6.54 Å². The fourth-order valence-electron chi connectivity index (χ4n) is 2.22. The molecule has 1 heterocycles. The van der Waals surface area contributed by atoms with Crippen molar-refractivity contribution in [3.05, 3.63) is 34.3 Å². The number of thioether (sulfide) groups is 1. The molecule has 0 amide bonds. The Labute approximate surface area is 113 Å². The summed E-state index contributed by atoms with van der Waals surface area (Å²) >= 11 is 8.04. The molecule has 1 fully saturated rings. The lowest BCUT2D eigenvalue weighted by atomic mass is 10.0. The number of hydrogen-bond acceptors (Lipinski definition) is 2. The van der Waals surface area contributed by atoms with Gasteiger partial charge in [-0.05, 0) is 67.0 Å². The Morgan fingerprint density at radius 1 is 1.35 bits per heavy atom. The van der Waals surface area contributed by atoms with Crippen LogP contribution in [0.2, 0.25) is 5.02 Å². The number of halogens is 1. The molecule has 0 aliphatic carbocycles. The van der Waals surface area contributed by atoms with Gasteiger partial charge in [0.05, 0.1) is 0 Å². The van der Waals surface area contributed by atoms with Gasteiger partial charge in [0.25, 0.3) is 0 Å². The number of hydrogen-bond donors (Lipinski definition) is 1. The Hall–Kier alpha value is -0.180. The van der Waals surface area contributed by atoms with Gasteiger partial charge in [-0.15, -0.1) is 0 Å². The van der Waals surface area contributed by atoms with Crippen LogP contribution in [0.15, 0.2) is 18.2 Å². The fourth-order valence-corrected chi connectivity index (χ4v) is 3.65. The first-order chi connectivity index (χ1) is 8.25. The third-order valence-corrected chi connectivity index (χ3v) is 4.68. The lowest BCUT2D eigenvalue weighted by Gasteiger charge is -2.21. The van der Waals surface area contributed by atoms with Crippen LogP contribution in [-0.4, -0.2) is 18.1 Å². The number of aryl methyl sites for hydroxylation is 1. The molecule has 0 aromatic heterocycles. The van der Waals surface area contributed by atoms with E-state index in [2.05, 4.69) is 30.1 Å². The average molecular weight is 270 g/mol. The minimum Gasteiger partial charge on any atom is -0.312 e. The minimum atomic E-state index is 0.829. The summed E-state index contributed by atoms with van der Waals surface area (Å²) in [4.78, 5) is 0. The summed E-state index contributed by atoms with van der Waals surface area (Å²) in [5, 5.41) is 4.41. The van der Waals surface area contributed by atoms with Crippen molar-refractivity contribution < 1.29 is 0 Å². The van der Waals surface area contributed by atoms with Crippen LogP contribution < -0.4 is 5.32 Å². The lowest BCUT2D eigenvalue weighted by molar-refractivity contribution is 0.447. The molecule has 0 bridgehead atoms. The molecule has 1 aliphatic rings. The highest BCUT2D eigenvalue weighted by molar-refractivity contribution is 7.99. The summed E-state index contributed by atoms with van der Waals surface area (Å²) in [5.41, 5.74) is 2.64. The Morgan fingerprint density at radius 3 is 2.82 bits per heavy atom. The Balaban J connectivity index is 1.77. The highest BCUT2D eigenvalue weighted by atomic mass is 35.5. The van der Waals surface area contributed by atoms with E-state index in [1.54, 1.807) is 0 Å². The molecule has 0 unspecified atom stereocenters. The monoisotopic (exact) mass is 269 g/mol. The SMILES string of the molecule is Cc1cc(Cl)ccc1CNCC1CCSCC1. The molecule has 1 aliphatic heterocycles. The highest BCUT2D eigenvalue weighted by Crippen LogP contribution is 2.22. The van der Waals surface area contributed by atoms with Crippen molar-refractivity contribution in [1.82, 2.24) is 5.32 Å². The molecule has 1 nitrogen and oxygen atoms in total. The van der Waals surface area contributed by atoms with Gasteiger partial charge in [0, 0.05) is 11.6 Å². The zero-order valence-electron chi connectivity index (χ0n) is 10.3. The Bertz CT molecular complexity index is 361. The van der Waals surface area contributed by atoms with E-state index in [9.17, 15) is 0 Å². The zero-order chi connectivity index (χ0) is 12.1. The summed E-state index contributed by atoms with van der Waals surface area (Å²) in [6.07, 6.45) is 2.74. The molecule has 1 aromatic carbocycles. The normalized spacial score (nSPS) is 17.3. The maximum absolute atomic E-state index is 5.95. The van der Waals surface area contributed by atoms with Gasteiger partial charge in [-0.2, -0.15) is 11.8 Å². The van der Waals surface area contributed by atoms with Gasteiger partial charge >= 0.3 is 0 Å². The molecule has 94 valence electrons. The average Bonchev–Trinajstić information content (AvgIpc) is 2.33. The molecule has 0 radical (unpaired) electrons. The maximum Gasteiger partial charge on any atom is 0.0408 e. The van der Waals surface area contributed by atoms with Crippen molar-refractivity contribution in [2.24, 2.45) is 5.92 Å². The van der Waals surface area contributed by atoms with Crippen LogP contribution in [0.4, 0.5) is 0 Å². The molecule has 1 saturated heterocycles. The van der Waals surface area contributed by atoms with E-state index >= 15 is 0 Å². The Kier molecular flexibility index (Phi) is 5.20. The summed E-state index contributed by atoms with van der Waals surface area (Å²) in [6, 6.07) is 6.14. The molecule has 1 aromatic rings. The van der Waals surface area contributed by atoms with Gasteiger partial charge < -0.3 is 5.32 Å². The van der Waals surface area contributed by atoms with Gasteiger partial charge in [0.15, 0.2) is 0 Å². The van der Waals surface area contributed by atoms with Crippen molar-refractivity contribution >= 4 is 23.4 Å². The molecule has 1 N–H and O–H groups in total. The highest BCUT2D eigenvalue weighted by Gasteiger charge is 2.12. The summed E-state index contributed by atoms with van der Waals surface area (Å²) in [5.74, 6) is 3.56. The van der Waals surface area contributed by atoms with E-state index in [4.69, 9.17) is 11.6 Å². The van der Waals surface area contributed by atoms with Crippen LogP contribution in [0.3, 0.4) is 0 Å². The van der Waals surface area contributed by atoms with E-state index in [1.807, 2.05) is 12.1 Å². The third kappa shape index (κ3) is 4.20. The van der Waals surface area contributed by atoms with Crippen molar-refractivity contribution in [3.63, 3.8) is 0 Å². The lowest BCUT2D eigenvalue weighted by Crippen LogP contribution is -2.25. The van der Waals surface area contributed by atoms with Crippen LogP contribution in [0.5, 0.6) is 0 Å². The van der Waals surface area contributed by atoms with Crippen LogP contribution in [0.25, 0.3) is 0 Å². The summed E-state index contributed by atoms with van der Waals surface area (Å²) in [7, 11) is 0. The summed E-state index contributed by atoms with van der Waals surface area (Å²) < 4.78 is 0. The van der Waals surface area contributed by atoms with Gasteiger partial charge in [-0.25, -0.2) is 0 Å². The largest absolute Gasteiger partial charge is 0.312 e. The predicted octanol–water partition coefficient (Wildman–Crippen LogP) is 3.88. The molecule has 0 atom stereocenters. The van der Waals surface area contributed by atoms with Crippen molar-refractivity contribution in [3.8, 4) is 0 Å². The maximum atomic E-state index is 5.95. The first kappa shape index (κ1) is 13.3. The predicted molar refractivity (Wildman–Crippen MR) is 77.9 cm³/mol. The molecule has 0 spiro atoms. The Morgan fingerprint density at radius 2 is 2.12 bits per heavy atom. The molecule has 3 heteroatoms. The fraction of sp³-hybridized carbons (Fsp3) is 0.571. The summed E-state index contributed by atoms with van der Waals surface area (Å²) in [6.45, 7) is 4.25. The molecular weight excluding hydrogens is 250 g/mol. The van der Waals surface area contributed by atoms with Crippen molar-refractivity contribution in [1.29, 1.82) is 0 Å². The van der Waals surface area contributed by atoms with E-state index in [0.717, 1.165) is 24.0 Å². The standard InChI is InChI=1S/C14H20ClNS/c1-11-8-14(15)3-2-13(11)10-16-9-12-4-6-17-7-5-12/h2-3,8,12,16H,4-7,9-10H2,1H3. The number of nitrogens with one attached hydrogen (secondary N) is 1. The van der Waals surface area contributed by atoms with Gasteiger partial charge in [0.1, 0.15) is 0 Å². The zero-order valence-corrected chi connectivity index (χ0v) is 11.9.